The minimum Gasteiger partial charge on any atom is -0.485 e. The van der Waals surface area contributed by atoms with Gasteiger partial charge in [0.1, 0.15) is 11.9 Å². The molecule has 1 aromatic carbocycles. The van der Waals surface area contributed by atoms with Crippen LogP contribution in [0, 0.1) is 26.7 Å². The van der Waals surface area contributed by atoms with Gasteiger partial charge >= 0.3 is 0 Å². The van der Waals surface area contributed by atoms with E-state index in [1.54, 1.807) is 4.52 Å². The molecule has 2 saturated heterocycles. The number of ether oxygens (including phenoxy) is 2. The molecule has 1 saturated carbocycles. The normalized spacial score (nSPS) is 24.2. The van der Waals surface area contributed by atoms with Crippen molar-refractivity contribution in [2.75, 3.05) is 44.3 Å². The number of benzene rings is 1. The highest BCUT2D eigenvalue weighted by atomic mass is 16.5. The van der Waals surface area contributed by atoms with Crippen molar-refractivity contribution in [2.24, 2.45) is 5.92 Å². The smallest absolute Gasteiger partial charge is 0.253 e. The molecule has 2 aliphatic heterocycles. The monoisotopic (exact) mass is 490 g/mol. The van der Waals surface area contributed by atoms with Gasteiger partial charge in [0.15, 0.2) is 5.75 Å². The van der Waals surface area contributed by atoms with E-state index in [4.69, 9.17) is 9.47 Å². The van der Waals surface area contributed by atoms with Crippen molar-refractivity contribution in [3.8, 4) is 5.75 Å². The quantitative estimate of drug-likeness (QED) is 0.543. The average molecular weight is 491 g/mol. The minimum atomic E-state index is 0.101. The Kier molecular flexibility index (Phi) is 6.03. The molecule has 2 aromatic heterocycles. The van der Waals surface area contributed by atoms with Crippen LogP contribution in [0.1, 0.15) is 48.0 Å². The van der Waals surface area contributed by atoms with E-state index in [1.807, 2.05) is 25.7 Å². The van der Waals surface area contributed by atoms with Gasteiger partial charge in [0.2, 0.25) is 5.91 Å². The third-order valence-corrected chi connectivity index (χ3v) is 7.91. The Morgan fingerprint density at radius 2 is 1.78 bits per heavy atom. The number of fused-ring (bicyclic) bond motifs is 1. The fourth-order valence-corrected chi connectivity index (χ4v) is 5.75. The number of nitrogens with zero attached hydrogens (tertiary/aromatic N) is 6. The molecule has 3 fully saturated rings. The molecule has 1 amide bonds. The molecule has 0 radical (unpaired) electrons. The summed E-state index contributed by atoms with van der Waals surface area (Å²) >= 11 is 0. The molecular formula is C27H34N6O3. The van der Waals surface area contributed by atoms with E-state index >= 15 is 0 Å². The van der Waals surface area contributed by atoms with E-state index in [0.717, 1.165) is 62.6 Å². The third kappa shape index (κ3) is 4.30. The second-order valence-corrected chi connectivity index (χ2v) is 10.4. The van der Waals surface area contributed by atoms with Crippen LogP contribution < -0.4 is 9.64 Å². The number of carbonyl (C=O) groups is 1. The Hall–Kier alpha value is -3.20. The van der Waals surface area contributed by atoms with Crippen LogP contribution in [0.3, 0.4) is 0 Å². The summed E-state index contributed by atoms with van der Waals surface area (Å²) in [5.74, 6) is 3.10. The lowest BCUT2D eigenvalue weighted by Crippen LogP contribution is -2.46. The molecule has 0 unspecified atom stereocenters. The zero-order valence-corrected chi connectivity index (χ0v) is 21.3. The lowest BCUT2D eigenvalue weighted by Gasteiger charge is -2.39. The van der Waals surface area contributed by atoms with Gasteiger partial charge < -0.3 is 19.3 Å². The summed E-state index contributed by atoms with van der Waals surface area (Å²) in [6.07, 6.45) is 2.97. The minimum absolute atomic E-state index is 0.101. The van der Waals surface area contributed by atoms with Gasteiger partial charge in [-0.05, 0) is 57.2 Å². The van der Waals surface area contributed by atoms with Crippen LogP contribution in [0.5, 0.6) is 5.75 Å². The lowest BCUT2D eigenvalue weighted by atomic mass is 9.70. The summed E-state index contributed by atoms with van der Waals surface area (Å²) in [6.45, 7) is 10.5. The maximum atomic E-state index is 12.7. The standard InChI is InChI=1S/C27H34N6O3/c1-17-25(18(2)33-27(28-17)29-19(3)30-33)36-24-8-9-32(16-24)23-6-4-20(5-7-23)21-14-22(15-21)26(34)31-10-12-35-13-11-31/h4-7,21-22,24H,8-16H2,1-3H3/t21-,22-,24-/m1/s1. The molecule has 9 nitrogen and oxygen atoms in total. The van der Waals surface area contributed by atoms with E-state index in [2.05, 4.69) is 44.2 Å². The number of aromatic nitrogens is 4. The van der Waals surface area contributed by atoms with Crippen molar-refractivity contribution >= 4 is 17.4 Å². The van der Waals surface area contributed by atoms with Gasteiger partial charge in [0.25, 0.3) is 5.78 Å². The van der Waals surface area contributed by atoms with Crippen molar-refractivity contribution in [3.05, 3.63) is 47.0 Å². The topological polar surface area (TPSA) is 85.1 Å². The number of hydrogen-bond acceptors (Lipinski definition) is 7. The third-order valence-electron chi connectivity index (χ3n) is 7.91. The predicted molar refractivity (Wildman–Crippen MR) is 136 cm³/mol. The van der Waals surface area contributed by atoms with Crippen molar-refractivity contribution in [1.82, 2.24) is 24.5 Å². The van der Waals surface area contributed by atoms with Crippen LogP contribution in [-0.2, 0) is 9.53 Å². The van der Waals surface area contributed by atoms with Gasteiger partial charge in [-0.2, -0.15) is 9.50 Å². The molecular weight excluding hydrogens is 456 g/mol. The Morgan fingerprint density at radius 3 is 2.53 bits per heavy atom. The molecule has 3 aliphatic rings. The summed E-state index contributed by atoms with van der Waals surface area (Å²) in [7, 11) is 0. The van der Waals surface area contributed by atoms with Crippen molar-refractivity contribution < 1.29 is 14.3 Å². The van der Waals surface area contributed by atoms with Gasteiger partial charge in [0.05, 0.1) is 31.1 Å². The molecule has 4 heterocycles. The first-order chi connectivity index (χ1) is 17.5. The molecule has 0 N–H and O–H groups in total. The summed E-state index contributed by atoms with van der Waals surface area (Å²) < 4.78 is 13.6. The highest BCUT2D eigenvalue weighted by Crippen LogP contribution is 2.43. The zero-order chi connectivity index (χ0) is 24.8. The number of aryl methyl sites for hydroxylation is 3. The zero-order valence-electron chi connectivity index (χ0n) is 21.3. The molecule has 36 heavy (non-hydrogen) atoms. The van der Waals surface area contributed by atoms with E-state index < -0.39 is 0 Å². The number of amides is 1. The highest BCUT2D eigenvalue weighted by molar-refractivity contribution is 5.80. The van der Waals surface area contributed by atoms with Gasteiger partial charge in [-0.3, -0.25) is 4.79 Å². The van der Waals surface area contributed by atoms with Gasteiger partial charge in [-0.1, -0.05) is 12.1 Å². The summed E-state index contributed by atoms with van der Waals surface area (Å²) in [5, 5.41) is 4.45. The van der Waals surface area contributed by atoms with Crippen molar-refractivity contribution in [3.63, 3.8) is 0 Å². The van der Waals surface area contributed by atoms with E-state index in [-0.39, 0.29) is 12.0 Å². The van der Waals surface area contributed by atoms with E-state index in [9.17, 15) is 4.79 Å². The highest BCUT2D eigenvalue weighted by Gasteiger charge is 2.38. The molecule has 1 aliphatic carbocycles. The Bertz CT molecular complexity index is 1260. The Labute approximate surface area is 211 Å². The van der Waals surface area contributed by atoms with Crippen molar-refractivity contribution in [1.29, 1.82) is 0 Å². The molecule has 3 aromatic rings. The molecule has 9 heteroatoms. The first-order valence-corrected chi connectivity index (χ1v) is 13.0. The molecule has 6 rings (SSSR count). The number of hydrogen-bond donors (Lipinski definition) is 0. The molecule has 190 valence electrons. The Balaban J connectivity index is 1.05. The number of carbonyl (C=O) groups excluding carboxylic acids is 1. The van der Waals surface area contributed by atoms with Crippen LogP contribution in [0.25, 0.3) is 5.78 Å². The van der Waals surface area contributed by atoms with Crippen LogP contribution in [-0.4, -0.2) is 75.9 Å². The predicted octanol–water partition coefficient (Wildman–Crippen LogP) is 3.06. The van der Waals surface area contributed by atoms with Crippen LogP contribution >= 0.6 is 0 Å². The largest absolute Gasteiger partial charge is 0.485 e. The maximum absolute atomic E-state index is 12.7. The second-order valence-electron chi connectivity index (χ2n) is 10.4. The fourth-order valence-electron chi connectivity index (χ4n) is 5.75. The second kappa shape index (κ2) is 9.35. The summed E-state index contributed by atoms with van der Waals surface area (Å²) in [5.41, 5.74) is 4.34. The van der Waals surface area contributed by atoms with Crippen molar-refractivity contribution in [2.45, 2.75) is 52.1 Å². The number of morpholine rings is 1. The molecule has 0 bridgehead atoms. The van der Waals surface area contributed by atoms with Crippen LogP contribution in [0.15, 0.2) is 24.3 Å². The van der Waals surface area contributed by atoms with E-state index in [0.29, 0.717) is 36.6 Å². The SMILES string of the molecule is Cc1nc2nc(C)c(O[C@@H]3CCN(c4ccc([C@H]5C[C@H](C(=O)N6CCOCC6)C5)cc4)C3)c(C)n2n1. The lowest BCUT2D eigenvalue weighted by molar-refractivity contribution is -0.142. The maximum Gasteiger partial charge on any atom is 0.253 e. The summed E-state index contributed by atoms with van der Waals surface area (Å²) in [6, 6.07) is 8.92. The Morgan fingerprint density at radius 1 is 1.03 bits per heavy atom. The molecule has 1 atom stereocenters. The summed E-state index contributed by atoms with van der Waals surface area (Å²) in [4.78, 5) is 26.0. The van der Waals surface area contributed by atoms with Gasteiger partial charge in [0, 0.05) is 37.7 Å². The average Bonchev–Trinajstić information content (AvgIpc) is 3.48. The first kappa shape index (κ1) is 23.2. The van der Waals surface area contributed by atoms with E-state index in [1.165, 1.54) is 11.3 Å². The van der Waals surface area contributed by atoms with Crippen LogP contribution in [0.4, 0.5) is 5.69 Å². The van der Waals surface area contributed by atoms with Gasteiger partial charge in [-0.25, -0.2) is 4.98 Å². The molecule has 0 spiro atoms. The number of rotatable bonds is 5. The first-order valence-electron chi connectivity index (χ1n) is 13.0. The van der Waals surface area contributed by atoms with Gasteiger partial charge in [-0.15, -0.1) is 5.10 Å². The number of anilines is 1. The fraction of sp³-hybridized carbons (Fsp3) is 0.556. The van der Waals surface area contributed by atoms with Crippen LogP contribution in [0.2, 0.25) is 0 Å².